The second kappa shape index (κ2) is 30.8. The summed E-state index contributed by atoms with van der Waals surface area (Å²) in [5.41, 5.74) is 6.85. The fourth-order valence-electron chi connectivity index (χ4n) is 10.1. The highest BCUT2D eigenvalue weighted by Gasteiger charge is 2.38. The van der Waals surface area contributed by atoms with Gasteiger partial charge in [0.05, 0.1) is 13.2 Å². The molecule has 508 valence electrons. The number of nitrogens with zero attached hydrogens (tertiary/aromatic N) is 5. The van der Waals surface area contributed by atoms with Crippen molar-refractivity contribution >= 4 is 58.2 Å². The molecule has 6 aromatic carbocycles. The Labute approximate surface area is 550 Å². The molecule has 8 rings (SSSR count). The first-order valence-corrected chi connectivity index (χ1v) is 36.0. The molecule has 0 aliphatic carbocycles. The normalized spacial score (nSPS) is 15.7. The zero-order valence-electron chi connectivity index (χ0n) is 53.7. The van der Waals surface area contributed by atoms with Crippen molar-refractivity contribution in [2.24, 2.45) is 5.73 Å². The molecule has 29 heteroatoms. The van der Waals surface area contributed by atoms with Crippen molar-refractivity contribution in [3.63, 3.8) is 0 Å². The predicted molar refractivity (Wildman–Crippen MR) is 347 cm³/mol. The Balaban J connectivity index is 0.907. The van der Waals surface area contributed by atoms with Crippen LogP contribution in [0.15, 0.2) is 165 Å². The summed E-state index contributed by atoms with van der Waals surface area (Å²) in [6, 6.07) is 38.0. The van der Waals surface area contributed by atoms with Gasteiger partial charge in [-0.25, -0.2) is 36.1 Å². The molecule has 2 aliphatic rings. The Morgan fingerprint density at radius 2 is 0.798 bits per heavy atom. The van der Waals surface area contributed by atoms with Gasteiger partial charge in [0.2, 0.25) is 26.0 Å². The van der Waals surface area contributed by atoms with Crippen LogP contribution in [0.5, 0.6) is 23.0 Å². The average Bonchev–Trinajstić information content (AvgIpc) is 0.775. The zero-order valence-corrected chi connectivity index (χ0v) is 57.0. The minimum atomic E-state index is -4.84. The zero-order chi connectivity index (χ0) is 68.2. The van der Waals surface area contributed by atoms with Gasteiger partial charge in [-0.15, -0.1) is 0 Å². The number of hydrogen-bond acceptors (Lipinski definition) is 21. The highest BCUT2D eigenvalue weighted by Crippen LogP contribution is 2.34. The molecule has 94 heavy (non-hydrogen) atoms. The quantitative estimate of drug-likeness (QED) is 0.0157. The lowest BCUT2D eigenvalue weighted by Crippen LogP contribution is -2.48. The summed E-state index contributed by atoms with van der Waals surface area (Å²) in [7, 11) is -18.3. The smallest absolute Gasteiger partial charge is 0.347 e. The van der Waals surface area contributed by atoms with Crippen LogP contribution in [0.1, 0.15) is 76.6 Å². The Bertz CT molecular complexity index is 3830. The maximum atomic E-state index is 14.1. The first-order valence-electron chi connectivity index (χ1n) is 30.3. The van der Waals surface area contributed by atoms with Gasteiger partial charge in [0.1, 0.15) is 53.8 Å². The topological polar surface area (TPSA) is 311 Å². The van der Waals surface area contributed by atoms with Gasteiger partial charge in [0.25, 0.3) is 0 Å². The number of esters is 2. The van der Waals surface area contributed by atoms with E-state index in [1.165, 1.54) is 81.4 Å². The summed E-state index contributed by atoms with van der Waals surface area (Å²) in [6.07, 6.45) is -3.49. The van der Waals surface area contributed by atoms with E-state index in [9.17, 15) is 43.3 Å². The number of hydroxylamine groups is 2. The largest absolute Gasteiger partial charge is 0.478 e. The molecule has 6 aromatic rings. The Hall–Kier alpha value is -7.71. The molecule has 2 unspecified atom stereocenters. The van der Waals surface area contributed by atoms with Crippen LogP contribution in [0.4, 0.5) is 0 Å². The molecule has 0 aromatic heterocycles. The van der Waals surface area contributed by atoms with E-state index in [-0.39, 0.29) is 62.0 Å². The van der Waals surface area contributed by atoms with Crippen molar-refractivity contribution < 1.29 is 80.2 Å². The van der Waals surface area contributed by atoms with Crippen molar-refractivity contribution in [1.82, 2.24) is 23.6 Å². The molecule has 25 nitrogen and oxygen atoms in total. The number of piperazine rings is 2. The van der Waals surface area contributed by atoms with Crippen molar-refractivity contribution in [1.29, 1.82) is 5.41 Å². The van der Waals surface area contributed by atoms with Crippen LogP contribution < -0.4 is 23.6 Å². The molecule has 0 radical (unpaired) electrons. The van der Waals surface area contributed by atoms with Crippen molar-refractivity contribution in [2.75, 3.05) is 65.6 Å². The molecule has 2 fully saturated rings. The number of guanidine groups is 1. The summed E-state index contributed by atoms with van der Waals surface area (Å²) in [4.78, 5) is 41.1. The van der Waals surface area contributed by atoms with E-state index in [0.29, 0.717) is 55.6 Å². The van der Waals surface area contributed by atoms with Crippen molar-refractivity contribution in [3.8, 4) is 23.0 Å². The third-order valence-electron chi connectivity index (χ3n) is 14.4. The molecular weight excluding hydrogens is 1300 g/mol. The maximum absolute atomic E-state index is 14.1. The Kier molecular flexibility index (Phi) is 23.6. The summed E-state index contributed by atoms with van der Waals surface area (Å²) in [5, 5.41) is 8.77. The van der Waals surface area contributed by atoms with Crippen LogP contribution in [-0.4, -0.2) is 164 Å². The summed E-state index contributed by atoms with van der Waals surface area (Å²) in [6.45, 7) is 15.6. The minimum absolute atomic E-state index is 0.0480. The van der Waals surface area contributed by atoms with E-state index in [1.54, 1.807) is 55.4 Å². The predicted octanol–water partition coefficient (Wildman–Crippen LogP) is 7.57. The van der Waals surface area contributed by atoms with E-state index >= 15 is 0 Å². The molecule has 2 atom stereocenters. The molecule has 2 heterocycles. The molecule has 3 N–H and O–H groups in total. The number of ether oxygens (including phenoxy) is 4. The molecule has 0 saturated carbocycles. The molecule has 0 spiro atoms. The van der Waals surface area contributed by atoms with Gasteiger partial charge in [0, 0.05) is 90.4 Å². The highest BCUT2D eigenvalue weighted by molar-refractivity contribution is 7.92. The van der Waals surface area contributed by atoms with Gasteiger partial charge in [-0.05, 0) is 126 Å². The Morgan fingerprint density at radius 3 is 1.13 bits per heavy atom. The van der Waals surface area contributed by atoms with Gasteiger partial charge in [-0.3, -0.25) is 15.2 Å². The van der Waals surface area contributed by atoms with Crippen LogP contribution in [0, 0.1) is 19.3 Å². The van der Waals surface area contributed by atoms with Crippen molar-refractivity contribution in [2.45, 2.75) is 124 Å². The fraction of sp³-hybridized carbons (Fsp3) is 0.400. The molecular formula is C65H81N7O18S4. The van der Waals surface area contributed by atoms with Crippen LogP contribution in [-0.2, 0) is 82.1 Å². The van der Waals surface area contributed by atoms with Crippen LogP contribution >= 0.6 is 0 Å². The van der Waals surface area contributed by atoms with Gasteiger partial charge < -0.3 is 33.0 Å². The number of rotatable bonds is 28. The third-order valence-corrected chi connectivity index (χ3v) is 21.1. The average molecular weight is 1380 g/mol. The lowest BCUT2D eigenvalue weighted by Gasteiger charge is -2.34. The highest BCUT2D eigenvalue weighted by atomic mass is 32.2. The van der Waals surface area contributed by atoms with E-state index in [1.807, 2.05) is 60.7 Å². The van der Waals surface area contributed by atoms with Gasteiger partial charge in [-0.1, -0.05) is 90.2 Å². The number of nitrogens with two attached hydrogens (primary N) is 1. The third kappa shape index (κ3) is 20.2. The van der Waals surface area contributed by atoms with Gasteiger partial charge >= 0.3 is 32.2 Å². The van der Waals surface area contributed by atoms with Crippen LogP contribution in [0.2, 0.25) is 0 Å². The summed E-state index contributed by atoms with van der Waals surface area (Å²) in [5.74, 6) is -3.12. The van der Waals surface area contributed by atoms with Gasteiger partial charge in [-0.2, -0.15) is 25.4 Å². The number of hydrogen-bond donors (Lipinski definition) is 2. The minimum Gasteiger partial charge on any atom is -0.478 e. The van der Waals surface area contributed by atoms with Crippen LogP contribution in [0.25, 0.3) is 0 Å². The van der Waals surface area contributed by atoms with E-state index in [2.05, 4.69) is 9.80 Å². The maximum Gasteiger partial charge on any atom is 0.347 e. The number of carbonyl (C=O) groups excluding carboxylic acids is 2. The number of carbonyl (C=O) groups is 2. The lowest BCUT2D eigenvalue weighted by molar-refractivity contribution is -0.320. The fourth-order valence-corrected chi connectivity index (χ4v) is 16.4. The second-order valence-electron chi connectivity index (χ2n) is 24.4. The second-order valence-corrected chi connectivity index (χ2v) is 31.3. The monoisotopic (exact) mass is 1380 g/mol. The molecule has 2 aliphatic heterocycles. The first kappa shape index (κ1) is 72.1. The number of benzene rings is 6. The number of nitrogens with one attached hydrogen (secondary N) is 1. The molecule has 0 amide bonds. The Morgan fingerprint density at radius 1 is 0.479 bits per heavy atom. The lowest BCUT2D eigenvalue weighted by atomic mass is 10.2. The van der Waals surface area contributed by atoms with Crippen LogP contribution in [0.3, 0.4) is 0 Å². The molecule has 0 bridgehead atoms. The SMILES string of the molecule is Cc1cc(OC(CCON(OCCC(Oc2cc(C)cc(OS(=O)(=O)c3ccccc3S(=O)(=O)N3CCN(Cc4ccccc4)CC3)c2)C(=O)OC(C)(C)C)C(=N)N)C(=O)OC(C)(C)C)cc(OS(=O)(=O)c2ccccc2S(=O)(=O)N2CCN(Cc3ccccc3)CC2)c1. The molecule has 2 saturated heterocycles. The van der Waals surface area contributed by atoms with E-state index in [0.717, 1.165) is 23.3 Å². The number of sulfonamides is 2. The summed E-state index contributed by atoms with van der Waals surface area (Å²) >= 11 is 0. The number of aryl methyl sites for hydroxylation is 2. The first-order chi connectivity index (χ1) is 44.2. The van der Waals surface area contributed by atoms with Crippen molar-refractivity contribution in [3.05, 3.63) is 168 Å². The van der Waals surface area contributed by atoms with Gasteiger partial charge in [0.15, 0.2) is 12.2 Å². The summed E-state index contributed by atoms with van der Waals surface area (Å²) < 4.78 is 150. The van der Waals surface area contributed by atoms with E-state index < -0.39 is 114 Å². The van der Waals surface area contributed by atoms with E-state index in [4.69, 9.17) is 48.1 Å². The standard InChI is InChI=1S/C65H81N7O18S4/c1-47-39-51(43-53(41-47)89-93(79,80)59-25-17-15-23-57(59)91(75,76)70-33-29-68(30-34-70)45-49-19-11-9-12-20-49)85-55(61(73)87-64(3,4)5)27-37-83-72(63(66)67)84-38-28-56(62(74)88-65(6,7)8)86-52-40-48(2)42-54(44-52)90-94(81,82)60-26-18-16-24-58(60)92(77,78)71-35-31-69(32-36-71)46-50-21-13-10-14-22-50/h9-26,39-44,55-56H,27-38,45-46H2,1-8H3,(H3,66,67).